The van der Waals surface area contributed by atoms with Crippen LogP contribution < -0.4 is 5.32 Å². The number of rotatable bonds is 3. The Hall–Kier alpha value is -1.30. The number of nitrogens with one attached hydrogen (secondary N) is 1. The SMILES string of the molecule is CCN(C(=O)C1(C)CCN(C(=O)N2CCCC2)CC1)[C@H]1CCCNC1. The number of hydrogen-bond donors (Lipinski definition) is 1. The van der Waals surface area contributed by atoms with E-state index in [2.05, 4.69) is 24.1 Å². The zero-order chi connectivity index (χ0) is 17.9. The van der Waals surface area contributed by atoms with Crippen LogP contribution in [0.4, 0.5) is 4.79 Å². The predicted octanol–water partition coefficient (Wildman–Crippen LogP) is 1.90. The van der Waals surface area contributed by atoms with Crippen molar-refractivity contribution in [1.29, 1.82) is 0 Å². The minimum absolute atomic E-state index is 0.177. The molecule has 3 rings (SSSR count). The molecule has 0 aromatic carbocycles. The summed E-state index contributed by atoms with van der Waals surface area (Å²) < 4.78 is 0. The maximum absolute atomic E-state index is 13.3. The first kappa shape index (κ1) is 18.5. The van der Waals surface area contributed by atoms with Gasteiger partial charge in [-0.2, -0.15) is 0 Å². The van der Waals surface area contributed by atoms with E-state index in [0.717, 1.165) is 71.2 Å². The van der Waals surface area contributed by atoms with Crippen molar-refractivity contribution in [3.63, 3.8) is 0 Å². The summed E-state index contributed by atoms with van der Waals surface area (Å²) in [7, 11) is 0. The number of nitrogens with zero attached hydrogens (tertiary/aromatic N) is 3. The van der Waals surface area contributed by atoms with Crippen molar-refractivity contribution in [2.24, 2.45) is 5.41 Å². The molecular weight excluding hydrogens is 316 g/mol. The van der Waals surface area contributed by atoms with Gasteiger partial charge in [0, 0.05) is 50.7 Å². The molecule has 25 heavy (non-hydrogen) atoms. The Morgan fingerprint density at radius 1 is 1.08 bits per heavy atom. The van der Waals surface area contributed by atoms with Gasteiger partial charge in [-0.05, 0) is 52.0 Å². The zero-order valence-electron chi connectivity index (χ0n) is 15.9. The molecule has 3 amide bonds. The van der Waals surface area contributed by atoms with E-state index in [4.69, 9.17) is 0 Å². The van der Waals surface area contributed by atoms with Crippen molar-refractivity contribution in [2.45, 2.75) is 58.4 Å². The van der Waals surface area contributed by atoms with Crippen molar-refractivity contribution in [1.82, 2.24) is 20.0 Å². The Balaban J connectivity index is 1.58. The molecule has 0 aliphatic carbocycles. The van der Waals surface area contributed by atoms with Crippen molar-refractivity contribution >= 4 is 11.9 Å². The number of urea groups is 1. The second-order valence-electron chi connectivity index (χ2n) is 8.12. The van der Waals surface area contributed by atoms with Crippen LogP contribution in [0.15, 0.2) is 0 Å². The van der Waals surface area contributed by atoms with Gasteiger partial charge >= 0.3 is 6.03 Å². The number of likely N-dealkylation sites (N-methyl/N-ethyl adjacent to an activating group) is 1. The molecule has 1 N–H and O–H groups in total. The fraction of sp³-hybridized carbons (Fsp3) is 0.895. The van der Waals surface area contributed by atoms with Crippen LogP contribution >= 0.6 is 0 Å². The first-order chi connectivity index (χ1) is 12.0. The molecule has 3 heterocycles. The molecule has 0 bridgehead atoms. The van der Waals surface area contributed by atoms with E-state index in [0.29, 0.717) is 19.1 Å². The number of amides is 3. The number of carbonyl (C=O) groups excluding carboxylic acids is 2. The average Bonchev–Trinajstić information content (AvgIpc) is 3.18. The van der Waals surface area contributed by atoms with Crippen molar-refractivity contribution < 1.29 is 9.59 Å². The minimum Gasteiger partial charge on any atom is -0.338 e. The largest absolute Gasteiger partial charge is 0.338 e. The van der Waals surface area contributed by atoms with Gasteiger partial charge in [0.1, 0.15) is 0 Å². The molecule has 3 fully saturated rings. The lowest BCUT2D eigenvalue weighted by Gasteiger charge is -2.44. The highest BCUT2D eigenvalue weighted by molar-refractivity contribution is 5.83. The molecule has 3 saturated heterocycles. The summed E-state index contributed by atoms with van der Waals surface area (Å²) in [6, 6.07) is 0.503. The van der Waals surface area contributed by atoms with E-state index in [-0.39, 0.29) is 17.4 Å². The average molecular weight is 351 g/mol. The topological polar surface area (TPSA) is 55.9 Å². The van der Waals surface area contributed by atoms with Crippen molar-refractivity contribution in [3.05, 3.63) is 0 Å². The molecule has 0 spiro atoms. The first-order valence-electron chi connectivity index (χ1n) is 10.1. The number of piperidine rings is 2. The van der Waals surface area contributed by atoms with Crippen molar-refractivity contribution in [3.8, 4) is 0 Å². The lowest BCUT2D eigenvalue weighted by molar-refractivity contribution is -0.146. The van der Waals surface area contributed by atoms with E-state index in [1.807, 2.05) is 9.80 Å². The highest BCUT2D eigenvalue weighted by atomic mass is 16.2. The number of carbonyl (C=O) groups is 2. The Kier molecular flexibility index (Phi) is 5.87. The third kappa shape index (κ3) is 3.94. The van der Waals surface area contributed by atoms with Crippen LogP contribution in [-0.4, -0.2) is 78.5 Å². The van der Waals surface area contributed by atoms with Gasteiger partial charge in [0.15, 0.2) is 0 Å². The molecule has 3 aliphatic heterocycles. The normalized spacial score (nSPS) is 26.6. The van der Waals surface area contributed by atoms with Gasteiger partial charge in [-0.1, -0.05) is 6.92 Å². The van der Waals surface area contributed by atoms with E-state index >= 15 is 0 Å². The Labute approximate surface area is 151 Å². The standard InChI is InChI=1S/C19H34N4O2/c1-3-23(16-7-6-10-20-15-16)17(24)19(2)8-13-22(14-9-19)18(25)21-11-4-5-12-21/h16,20H,3-15H2,1-2H3/t16-/m0/s1. The Morgan fingerprint density at radius 3 is 2.28 bits per heavy atom. The summed E-state index contributed by atoms with van der Waals surface area (Å²) in [5.74, 6) is 0.289. The maximum Gasteiger partial charge on any atom is 0.319 e. The predicted molar refractivity (Wildman–Crippen MR) is 98.4 cm³/mol. The van der Waals surface area contributed by atoms with Crippen LogP contribution in [0, 0.1) is 5.41 Å². The summed E-state index contributed by atoms with van der Waals surface area (Å²) in [6.45, 7) is 10.1. The quantitative estimate of drug-likeness (QED) is 0.846. The fourth-order valence-electron chi connectivity index (χ4n) is 4.53. The lowest BCUT2D eigenvalue weighted by Crippen LogP contribution is -2.56. The molecule has 1 atom stereocenters. The van der Waals surface area contributed by atoms with Gasteiger partial charge in [-0.25, -0.2) is 4.79 Å². The Morgan fingerprint density at radius 2 is 1.72 bits per heavy atom. The molecule has 6 nitrogen and oxygen atoms in total. The third-order valence-electron chi connectivity index (χ3n) is 6.34. The molecule has 0 aromatic rings. The summed E-state index contributed by atoms with van der Waals surface area (Å²) >= 11 is 0. The van der Waals surface area contributed by atoms with Crippen LogP contribution in [0.1, 0.15) is 52.4 Å². The van der Waals surface area contributed by atoms with Gasteiger partial charge in [-0.3, -0.25) is 4.79 Å². The summed E-state index contributed by atoms with van der Waals surface area (Å²) in [5, 5.41) is 3.42. The number of likely N-dealkylation sites (tertiary alicyclic amines) is 2. The summed E-state index contributed by atoms with van der Waals surface area (Å²) in [6.07, 6.45) is 6.04. The van der Waals surface area contributed by atoms with Gasteiger partial charge in [0.2, 0.25) is 5.91 Å². The monoisotopic (exact) mass is 350 g/mol. The lowest BCUT2D eigenvalue weighted by atomic mass is 9.78. The molecule has 6 heteroatoms. The van der Waals surface area contributed by atoms with Gasteiger partial charge < -0.3 is 20.0 Å². The zero-order valence-corrected chi connectivity index (χ0v) is 15.9. The smallest absolute Gasteiger partial charge is 0.319 e. The van der Waals surface area contributed by atoms with E-state index in [9.17, 15) is 9.59 Å². The van der Waals surface area contributed by atoms with Crippen LogP contribution in [-0.2, 0) is 4.79 Å². The molecule has 0 saturated carbocycles. The maximum atomic E-state index is 13.3. The first-order valence-corrected chi connectivity index (χ1v) is 10.1. The second-order valence-corrected chi connectivity index (χ2v) is 8.12. The van der Waals surface area contributed by atoms with Crippen LogP contribution in [0.25, 0.3) is 0 Å². The van der Waals surface area contributed by atoms with Crippen LogP contribution in [0.2, 0.25) is 0 Å². The third-order valence-corrected chi connectivity index (χ3v) is 6.34. The highest BCUT2D eigenvalue weighted by Gasteiger charge is 2.42. The van der Waals surface area contributed by atoms with E-state index < -0.39 is 0 Å². The van der Waals surface area contributed by atoms with Crippen molar-refractivity contribution in [2.75, 3.05) is 45.8 Å². The van der Waals surface area contributed by atoms with Crippen LogP contribution in [0.3, 0.4) is 0 Å². The molecule has 0 radical (unpaired) electrons. The molecule has 0 unspecified atom stereocenters. The van der Waals surface area contributed by atoms with Gasteiger partial charge in [-0.15, -0.1) is 0 Å². The van der Waals surface area contributed by atoms with E-state index in [1.165, 1.54) is 0 Å². The Bertz CT molecular complexity index is 476. The fourth-order valence-corrected chi connectivity index (χ4v) is 4.53. The highest BCUT2D eigenvalue weighted by Crippen LogP contribution is 2.34. The summed E-state index contributed by atoms with van der Waals surface area (Å²) in [5.41, 5.74) is -0.324. The molecule has 0 aromatic heterocycles. The van der Waals surface area contributed by atoms with E-state index in [1.54, 1.807) is 0 Å². The molecule has 3 aliphatic rings. The van der Waals surface area contributed by atoms with Crippen LogP contribution in [0.5, 0.6) is 0 Å². The molecular formula is C19H34N4O2. The summed E-state index contributed by atoms with van der Waals surface area (Å²) in [4.78, 5) is 31.8. The molecule has 142 valence electrons. The number of hydrogen-bond acceptors (Lipinski definition) is 3. The van der Waals surface area contributed by atoms with Gasteiger partial charge in [0.05, 0.1) is 0 Å². The van der Waals surface area contributed by atoms with Gasteiger partial charge in [0.25, 0.3) is 0 Å². The minimum atomic E-state index is -0.324. The second kappa shape index (κ2) is 7.94.